The van der Waals surface area contributed by atoms with Crippen LogP contribution in [0.1, 0.15) is 39.2 Å². The highest BCUT2D eigenvalue weighted by Gasteiger charge is 2.32. The molecule has 1 aromatic heterocycles. The van der Waals surface area contributed by atoms with Crippen molar-refractivity contribution in [3.63, 3.8) is 0 Å². The van der Waals surface area contributed by atoms with Crippen LogP contribution in [0.25, 0.3) is 0 Å². The van der Waals surface area contributed by atoms with Crippen LogP contribution in [0.4, 0.5) is 4.79 Å². The summed E-state index contributed by atoms with van der Waals surface area (Å²) < 4.78 is 6.95. The predicted molar refractivity (Wildman–Crippen MR) is 86.2 cm³/mol. The van der Waals surface area contributed by atoms with Gasteiger partial charge in [0.15, 0.2) is 0 Å². The number of amides is 2. The number of nitrogens with one attached hydrogen (secondary N) is 2. The third kappa shape index (κ3) is 3.53. The van der Waals surface area contributed by atoms with Crippen molar-refractivity contribution in [3.05, 3.63) is 11.3 Å². The number of aromatic nitrogens is 4. The second-order valence-electron chi connectivity index (χ2n) is 5.60. The Kier molecular flexibility index (Phi) is 5.03. The highest BCUT2D eigenvalue weighted by atomic mass is 32.2. The highest BCUT2D eigenvalue weighted by molar-refractivity contribution is 7.99. The van der Waals surface area contributed by atoms with E-state index in [1.807, 2.05) is 6.92 Å². The van der Waals surface area contributed by atoms with Gasteiger partial charge in [0.1, 0.15) is 0 Å². The van der Waals surface area contributed by atoms with Gasteiger partial charge in [-0.1, -0.05) is 18.7 Å². The van der Waals surface area contributed by atoms with Crippen molar-refractivity contribution < 1.29 is 14.3 Å². The SMILES string of the molecule is CCOC(=O)C1=C(CSc2nnnn2C2CC2)NC(=O)NC1CC. The molecule has 0 bridgehead atoms. The zero-order chi connectivity index (χ0) is 17.1. The lowest BCUT2D eigenvalue weighted by molar-refractivity contribution is -0.139. The summed E-state index contributed by atoms with van der Waals surface area (Å²) >= 11 is 1.40. The van der Waals surface area contributed by atoms with Crippen LogP contribution in [0, 0.1) is 0 Å². The maximum atomic E-state index is 12.3. The van der Waals surface area contributed by atoms with Crippen LogP contribution in [0.2, 0.25) is 0 Å². The maximum absolute atomic E-state index is 12.3. The van der Waals surface area contributed by atoms with Crippen LogP contribution in [0.3, 0.4) is 0 Å². The summed E-state index contributed by atoms with van der Waals surface area (Å²) in [6.45, 7) is 3.95. The Morgan fingerprint density at radius 2 is 2.21 bits per heavy atom. The summed E-state index contributed by atoms with van der Waals surface area (Å²) in [5.41, 5.74) is 1.02. The molecule has 0 aromatic carbocycles. The summed E-state index contributed by atoms with van der Waals surface area (Å²) in [5, 5.41) is 17.9. The van der Waals surface area contributed by atoms with Crippen LogP contribution in [-0.4, -0.2) is 50.6 Å². The number of tetrazole rings is 1. The van der Waals surface area contributed by atoms with E-state index in [4.69, 9.17) is 4.74 Å². The van der Waals surface area contributed by atoms with E-state index in [0.717, 1.165) is 12.8 Å². The average molecular weight is 352 g/mol. The minimum Gasteiger partial charge on any atom is -0.463 e. The molecule has 2 heterocycles. The number of esters is 1. The van der Waals surface area contributed by atoms with E-state index in [1.54, 1.807) is 11.6 Å². The Labute approximate surface area is 143 Å². The Bertz CT molecular complexity index is 669. The van der Waals surface area contributed by atoms with Crippen molar-refractivity contribution in [2.75, 3.05) is 12.4 Å². The Morgan fingerprint density at radius 1 is 1.42 bits per heavy atom. The second kappa shape index (κ2) is 7.20. The van der Waals surface area contributed by atoms with E-state index in [9.17, 15) is 9.59 Å². The minimum atomic E-state index is -0.408. The van der Waals surface area contributed by atoms with E-state index >= 15 is 0 Å². The lowest BCUT2D eigenvalue weighted by Gasteiger charge is -2.28. The molecule has 1 aromatic rings. The largest absolute Gasteiger partial charge is 0.463 e. The van der Waals surface area contributed by atoms with Gasteiger partial charge in [0, 0.05) is 11.4 Å². The first-order valence-electron chi connectivity index (χ1n) is 8.02. The molecule has 1 atom stereocenters. The van der Waals surface area contributed by atoms with Crippen molar-refractivity contribution in [2.45, 2.75) is 50.4 Å². The summed E-state index contributed by atoms with van der Waals surface area (Å²) in [6, 6.07) is -0.299. The fourth-order valence-corrected chi connectivity index (χ4v) is 3.45. The summed E-state index contributed by atoms with van der Waals surface area (Å²) in [7, 11) is 0. The summed E-state index contributed by atoms with van der Waals surface area (Å²) in [6.07, 6.45) is 2.76. The van der Waals surface area contributed by atoms with Gasteiger partial charge < -0.3 is 15.4 Å². The van der Waals surface area contributed by atoms with Gasteiger partial charge in [-0.25, -0.2) is 14.3 Å². The number of hydrogen-bond acceptors (Lipinski definition) is 7. The molecule has 2 amide bonds. The maximum Gasteiger partial charge on any atom is 0.337 e. The van der Waals surface area contributed by atoms with Crippen molar-refractivity contribution in [1.29, 1.82) is 0 Å². The van der Waals surface area contributed by atoms with Crippen molar-refractivity contribution in [3.8, 4) is 0 Å². The van der Waals surface area contributed by atoms with Gasteiger partial charge in [0.2, 0.25) is 5.16 Å². The molecular weight excluding hydrogens is 332 g/mol. The molecule has 2 N–H and O–H groups in total. The molecule has 0 spiro atoms. The molecule has 3 rings (SSSR count). The third-order valence-electron chi connectivity index (χ3n) is 3.85. The van der Waals surface area contributed by atoms with Gasteiger partial charge in [0.05, 0.1) is 24.3 Å². The van der Waals surface area contributed by atoms with E-state index in [1.165, 1.54) is 11.8 Å². The third-order valence-corrected chi connectivity index (χ3v) is 4.81. The van der Waals surface area contributed by atoms with Crippen LogP contribution in [0.15, 0.2) is 16.4 Å². The zero-order valence-electron chi connectivity index (χ0n) is 13.6. The quantitative estimate of drug-likeness (QED) is 0.556. The number of carbonyl (C=O) groups is 2. The molecule has 1 aliphatic heterocycles. The first kappa shape index (κ1) is 16.7. The minimum absolute atomic E-state index is 0.285. The molecule has 2 aliphatic rings. The number of nitrogens with zero attached hydrogens (tertiary/aromatic N) is 4. The topological polar surface area (TPSA) is 111 Å². The van der Waals surface area contributed by atoms with Crippen LogP contribution < -0.4 is 10.6 Å². The van der Waals surface area contributed by atoms with Crippen molar-refractivity contribution >= 4 is 23.8 Å². The molecule has 0 saturated heterocycles. The molecule has 1 saturated carbocycles. The molecule has 1 fully saturated rings. The monoisotopic (exact) mass is 352 g/mol. The van der Waals surface area contributed by atoms with Crippen molar-refractivity contribution in [1.82, 2.24) is 30.8 Å². The fraction of sp³-hybridized carbons (Fsp3) is 0.643. The van der Waals surface area contributed by atoms with Gasteiger partial charge in [-0.3, -0.25) is 0 Å². The van der Waals surface area contributed by atoms with Crippen LogP contribution in [0.5, 0.6) is 0 Å². The Hall–Kier alpha value is -2.10. The smallest absolute Gasteiger partial charge is 0.337 e. The lowest BCUT2D eigenvalue weighted by Crippen LogP contribution is -2.50. The second-order valence-corrected chi connectivity index (χ2v) is 6.54. The summed E-state index contributed by atoms with van der Waals surface area (Å²) in [5.74, 6) is -0.0141. The van der Waals surface area contributed by atoms with E-state index in [2.05, 4.69) is 26.2 Å². The Morgan fingerprint density at radius 3 is 2.88 bits per heavy atom. The zero-order valence-corrected chi connectivity index (χ0v) is 14.4. The predicted octanol–water partition coefficient (Wildman–Crippen LogP) is 1.01. The van der Waals surface area contributed by atoms with Gasteiger partial charge in [-0.15, -0.1) is 5.10 Å². The van der Waals surface area contributed by atoms with Crippen LogP contribution >= 0.6 is 11.8 Å². The van der Waals surface area contributed by atoms with E-state index in [0.29, 0.717) is 34.6 Å². The summed E-state index contributed by atoms with van der Waals surface area (Å²) in [4.78, 5) is 24.2. The fourth-order valence-electron chi connectivity index (χ4n) is 2.54. The lowest BCUT2D eigenvalue weighted by atomic mass is 10.0. The Balaban J connectivity index is 1.81. The normalized spacial score (nSPS) is 20.6. The molecule has 24 heavy (non-hydrogen) atoms. The van der Waals surface area contributed by atoms with E-state index < -0.39 is 5.97 Å². The first-order valence-corrected chi connectivity index (χ1v) is 9.00. The molecular formula is C14H20N6O3S. The van der Waals surface area contributed by atoms with Gasteiger partial charge >= 0.3 is 12.0 Å². The van der Waals surface area contributed by atoms with Gasteiger partial charge in [-0.2, -0.15) is 0 Å². The van der Waals surface area contributed by atoms with E-state index in [-0.39, 0.29) is 18.7 Å². The first-order chi connectivity index (χ1) is 11.6. The van der Waals surface area contributed by atoms with Crippen molar-refractivity contribution in [2.24, 2.45) is 0 Å². The molecule has 1 aliphatic carbocycles. The number of ether oxygens (including phenoxy) is 1. The standard InChI is InChI=1S/C14H20N6O3S/c1-3-9-11(12(21)23-4-2)10(16-13(22)15-9)7-24-14-17-18-19-20(14)8-5-6-8/h8-9H,3-7H2,1-2H3,(H2,15,16,22). The van der Waals surface area contributed by atoms with Crippen LogP contribution in [-0.2, 0) is 9.53 Å². The molecule has 0 radical (unpaired) electrons. The molecule has 9 nitrogen and oxygen atoms in total. The molecule has 10 heteroatoms. The number of carbonyl (C=O) groups excluding carboxylic acids is 2. The average Bonchev–Trinajstić information content (AvgIpc) is 3.30. The number of thioether (sulfide) groups is 1. The number of rotatable bonds is 7. The van der Waals surface area contributed by atoms with Gasteiger partial charge in [-0.05, 0) is 36.6 Å². The molecule has 130 valence electrons. The molecule has 1 unspecified atom stereocenters. The van der Waals surface area contributed by atoms with Gasteiger partial charge in [0.25, 0.3) is 0 Å². The highest BCUT2D eigenvalue weighted by Crippen LogP contribution is 2.36. The number of hydrogen-bond donors (Lipinski definition) is 2. The number of urea groups is 1.